The van der Waals surface area contributed by atoms with Gasteiger partial charge in [-0.25, -0.2) is 4.39 Å². The van der Waals surface area contributed by atoms with E-state index in [4.69, 9.17) is 11.6 Å². The lowest BCUT2D eigenvalue weighted by Crippen LogP contribution is -2.38. The summed E-state index contributed by atoms with van der Waals surface area (Å²) in [5.41, 5.74) is 3.08. The van der Waals surface area contributed by atoms with Crippen LogP contribution in [0.25, 0.3) is 10.9 Å². The number of aryl methyl sites for hydroxylation is 1. The van der Waals surface area contributed by atoms with Crippen molar-refractivity contribution >= 4 is 39.8 Å². The van der Waals surface area contributed by atoms with E-state index in [0.29, 0.717) is 47.8 Å². The summed E-state index contributed by atoms with van der Waals surface area (Å²) in [5, 5.41) is 13.8. The van der Waals surface area contributed by atoms with Gasteiger partial charge in [-0.3, -0.25) is 9.78 Å². The molecule has 0 unspecified atom stereocenters. The Labute approximate surface area is 179 Å². The number of rotatable bonds is 3. The van der Waals surface area contributed by atoms with E-state index in [1.807, 2.05) is 12.1 Å². The topological polar surface area (TPSA) is 69.0 Å². The minimum Gasteiger partial charge on any atom is -0.370 e. The van der Waals surface area contributed by atoms with Gasteiger partial charge in [0.2, 0.25) is 5.91 Å². The highest BCUT2D eigenvalue weighted by molar-refractivity contribution is 6.31. The molecule has 30 heavy (non-hydrogen) atoms. The molecule has 1 N–H and O–H groups in total. The molecule has 3 aromatic rings. The summed E-state index contributed by atoms with van der Waals surface area (Å²) >= 11 is 6.18. The number of hydrogen-bond acceptors (Lipinski definition) is 4. The van der Waals surface area contributed by atoms with Gasteiger partial charge in [0.1, 0.15) is 11.9 Å². The lowest BCUT2D eigenvalue weighted by molar-refractivity contribution is -0.120. The second-order valence-electron chi connectivity index (χ2n) is 7.51. The van der Waals surface area contributed by atoms with Crippen LogP contribution in [0.4, 0.5) is 15.8 Å². The summed E-state index contributed by atoms with van der Waals surface area (Å²) in [5.74, 6) is -0.622. The molecule has 5 nitrogen and oxygen atoms in total. The lowest BCUT2D eigenvalue weighted by Gasteiger charge is -2.34. The van der Waals surface area contributed by atoms with Crippen molar-refractivity contribution in [3.8, 4) is 6.07 Å². The van der Waals surface area contributed by atoms with E-state index in [1.54, 1.807) is 31.3 Å². The zero-order valence-electron chi connectivity index (χ0n) is 16.5. The van der Waals surface area contributed by atoms with Crippen molar-refractivity contribution in [1.82, 2.24) is 4.98 Å². The molecule has 1 amide bonds. The van der Waals surface area contributed by atoms with Gasteiger partial charge in [0.25, 0.3) is 0 Å². The van der Waals surface area contributed by atoms with Gasteiger partial charge in [0.15, 0.2) is 0 Å². The Morgan fingerprint density at radius 3 is 2.73 bits per heavy atom. The molecule has 7 heteroatoms. The SMILES string of the molecule is Cc1ccc(NC(=O)C2CCN(c3c(C#N)cnc4ccc(Cl)cc34)CC2)cc1F. The summed E-state index contributed by atoms with van der Waals surface area (Å²) in [6.45, 7) is 2.93. The molecule has 4 rings (SSSR count). The number of nitrogens with one attached hydrogen (secondary N) is 1. The third-order valence-corrected chi connectivity index (χ3v) is 5.78. The predicted molar refractivity (Wildman–Crippen MR) is 116 cm³/mol. The number of hydrogen-bond donors (Lipinski definition) is 1. The number of anilines is 2. The Balaban J connectivity index is 1.51. The van der Waals surface area contributed by atoms with Gasteiger partial charge in [0, 0.05) is 41.3 Å². The van der Waals surface area contributed by atoms with Gasteiger partial charge in [-0.15, -0.1) is 0 Å². The van der Waals surface area contributed by atoms with Gasteiger partial charge in [0.05, 0.1) is 16.8 Å². The summed E-state index contributed by atoms with van der Waals surface area (Å²) < 4.78 is 13.7. The average molecular weight is 423 g/mol. The second kappa shape index (κ2) is 8.29. The first-order chi connectivity index (χ1) is 14.5. The van der Waals surface area contributed by atoms with Crippen LogP contribution in [0.3, 0.4) is 0 Å². The lowest BCUT2D eigenvalue weighted by atomic mass is 9.94. The van der Waals surface area contributed by atoms with Crippen molar-refractivity contribution in [3.63, 3.8) is 0 Å². The molecule has 0 radical (unpaired) electrons. The van der Waals surface area contributed by atoms with Gasteiger partial charge >= 0.3 is 0 Å². The zero-order valence-corrected chi connectivity index (χ0v) is 17.2. The fourth-order valence-corrected chi connectivity index (χ4v) is 4.03. The number of piperidine rings is 1. The van der Waals surface area contributed by atoms with Gasteiger partial charge in [-0.1, -0.05) is 17.7 Å². The maximum absolute atomic E-state index is 13.7. The van der Waals surface area contributed by atoms with E-state index in [1.165, 1.54) is 6.07 Å². The first kappa shape index (κ1) is 20.1. The fourth-order valence-electron chi connectivity index (χ4n) is 3.85. The largest absolute Gasteiger partial charge is 0.370 e. The van der Waals surface area contributed by atoms with E-state index in [-0.39, 0.29) is 17.6 Å². The third kappa shape index (κ3) is 3.94. The van der Waals surface area contributed by atoms with Crippen LogP contribution in [0.5, 0.6) is 0 Å². The van der Waals surface area contributed by atoms with E-state index in [9.17, 15) is 14.4 Å². The number of aromatic nitrogens is 1. The number of nitrogens with zero attached hydrogens (tertiary/aromatic N) is 3. The third-order valence-electron chi connectivity index (χ3n) is 5.54. The minimum atomic E-state index is -0.338. The number of benzene rings is 2. The van der Waals surface area contributed by atoms with Crippen LogP contribution >= 0.6 is 11.6 Å². The normalized spacial score (nSPS) is 14.5. The highest BCUT2D eigenvalue weighted by atomic mass is 35.5. The van der Waals surface area contributed by atoms with Crippen molar-refractivity contribution in [2.75, 3.05) is 23.3 Å². The van der Waals surface area contributed by atoms with Crippen molar-refractivity contribution in [2.45, 2.75) is 19.8 Å². The second-order valence-corrected chi connectivity index (χ2v) is 7.94. The highest BCUT2D eigenvalue weighted by Crippen LogP contribution is 2.34. The molecule has 1 fully saturated rings. The molecule has 1 aliphatic heterocycles. The maximum Gasteiger partial charge on any atom is 0.227 e. The van der Waals surface area contributed by atoms with Gasteiger partial charge < -0.3 is 10.2 Å². The Hall–Kier alpha value is -3.17. The fraction of sp³-hybridized carbons (Fsp3) is 0.261. The van der Waals surface area contributed by atoms with Crippen molar-refractivity contribution in [3.05, 3.63) is 64.6 Å². The molecule has 2 aromatic carbocycles. The van der Waals surface area contributed by atoms with E-state index in [0.717, 1.165) is 16.6 Å². The Bertz CT molecular complexity index is 1170. The van der Waals surface area contributed by atoms with Crippen LogP contribution in [0.1, 0.15) is 24.0 Å². The van der Waals surface area contributed by atoms with E-state index in [2.05, 4.69) is 21.3 Å². The maximum atomic E-state index is 13.7. The summed E-state index contributed by atoms with van der Waals surface area (Å²) in [4.78, 5) is 19.1. The van der Waals surface area contributed by atoms with Crippen molar-refractivity contribution in [1.29, 1.82) is 5.26 Å². The Morgan fingerprint density at radius 1 is 1.27 bits per heavy atom. The van der Waals surface area contributed by atoms with Gasteiger partial charge in [-0.05, 0) is 55.7 Å². The first-order valence-electron chi connectivity index (χ1n) is 9.76. The molecule has 0 bridgehead atoms. The average Bonchev–Trinajstić information content (AvgIpc) is 2.75. The first-order valence-corrected chi connectivity index (χ1v) is 10.1. The standard InChI is InChI=1S/C23H20ClFN4O/c1-14-2-4-18(11-20(14)25)28-23(30)15-6-8-29(9-7-15)22-16(12-26)13-27-21-5-3-17(24)10-19(21)22/h2-5,10-11,13,15H,6-9H2,1H3,(H,28,30). The highest BCUT2D eigenvalue weighted by Gasteiger charge is 2.27. The number of carbonyl (C=O) groups is 1. The molecular formula is C23H20ClFN4O. The Kier molecular flexibility index (Phi) is 5.56. The molecule has 1 aliphatic rings. The van der Waals surface area contributed by atoms with Crippen molar-refractivity contribution in [2.24, 2.45) is 5.92 Å². The molecule has 0 aliphatic carbocycles. The monoisotopic (exact) mass is 422 g/mol. The summed E-state index contributed by atoms with van der Waals surface area (Å²) in [6.07, 6.45) is 2.85. The van der Waals surface area contributed by atoms with E-state index >= 15 is 0 Å². The van der Waals surface area contributed by atoms with E-state index < -0.39 is 0 Å². The summed E-state index contributed by atoms with van der Waals surface area (Å²) in [7, 11) is 0. The number of pyridine rings is 1. The minimum absolute atomic E-state index is 0.110. The molecule has 0 spiro atoms. The zero-order chi connectivity index (χ0) is 21.3. The van der Waals surface area contributed by atoms with Crippen LogP contribution in [-0.2, 0) is 4.79 Å². The number of amides is 1. The van der Waals surface area contributed by atoms with Crippen LogP contribution < -0.4 is 10.2 Å². The van der Waals surface area contributed by atoms with Crippen LogP contribution in [-0.4, -0.2) is 24.0 Å². The molecule has 2 heterocycles. The summed E-state index contributed by atoms with van der Waals surface area (Å²) in [6, 6.07) is 12.4. The van der Waals surface area contributed by atoms with Crippen LogP contribution in [0.2, 0.25) is 5.02 Å². The molecule has 0 saturated carbocycles. The number of fused-ring (bicyclic) bond motifs is 1. The number of carbonyl (C=O) groups excluding carboxylic acids is 1. The number of halogens is 2. The number of nitriles is 1. The molecule has 152 valence electrons. The Morgan fingerprint density at radius 2 is 2.03 bits per heavy atom. The molecule has 1 saturated heterocycles. The molecule has 0 atom stereocenters. The molecule has 1 aromatic heterocycles. The van der Waals surface area contributed by atoms with Crippen LogP contribution in [0, 0.1) is 30.0 Å². The van der Waals surface area contributed by atoms with Gasteiger partial charge in [-0.2, -0.15) is 5.26 Å². The predicted octanol–water partition coefficient (Wildman–Crippen LogP) is 5.06. The molecular weight excluding hydrogens is 403 g/mol. The van der Waals surface area contributed by atoms with Crippen molar-refractivity contribution < 1.29 is 9.18 Å². The smallest absolute Gasteiger partial charge is 0.227 e. The van der Waals surface area contributed by atoms with Crippen LogP contribution in [0.15, 0.2) is 42.6 Å². The quantitative estimate of drug-likeness (QED) is 0.640.